The zero-order valence-electron chi connectivity index (χ0n) is 13.4. The third-order valence-electron chi connectivity index (χ3n) is 4.24. The Kier molecular flexibility index (Phi) is 5.61. The summed E-state index contributed by atoms with van der Waals surface area (Å²) in [7, 11) is 1.52. The lowest BCUT2D eigenvalue weighted by atomic mass is 9.96. The van der Waals surface area contributed by atoms with Crippen LogP contribution in [0, 0.1) is 0 Å². The molecule has 1 aromatic carbocycles. The second-order valence-electron chi connectivity index (χ2n) is 5.94. The summed E-state index contributed by atoms with van der Waals surface area (Å²) < 4.78 is 1.95. The number of fused-ring (bicyclic) bond motifs is 1. The van der Waals surface area contributed by atoms with Gasteiger partial charge in [-0.05, 0) is 31.5 Å². The van der Waals surface area contributed by atoms with E-state index in [1.54, 1.807) is 18.5 Å². The number of imidazole rings is 1. The number of hydrogen-bond acceptors (Lipinski definition) is 5. The van der Waals surface area contributed by atoms with Crippen molar-refractivity contribution < 1.29 is 9.94 Å². The minimum absolute atomic E-state index is 0.0135. The number of aromatic nitrogens is 2. The highest BCUT2D eigenvalue weighted by atomic mass is 35.5. The molecule has 1 aromatic heterocycles. The SMILES string of the molecule is CO/N=C(/C[C@H]1NCCC[C@@H]1O)Cn1cnc2cc(Cl)c(Cl)cc21. The molecule has 6 nitrogen and oxygen atoms in total. The van der Waals surface area contributed by atoms with E-state index in [-0.39, 0.29) is 12.1 Å². The van der Waals surface area contributed by atoms with Crippen molar-refractivity contribution in [3.63, 3.8) is 0 Å². The minimum atomic E-state index is -0.367. The quantitative estimate of drug-likeness (QED) is 0.626. The lowest BCUT2D eigenvalue weighted by Crippen LogP contribution is -2.46. The van der Waals surface area contributed by atoms with Crippen LogP contribution in [0.3, 0.4) is 0 Å². The summed E-state index contributed by atoms with van der Waals surface area (Å²) in [5.74, 6) is 0. The summed E-state index contributed by atoms with van der Waals surface area (Å²) in [5, 5.41) is 18.6. The van der Waals surface area contributed by atoms with Crippen molar-refractivity contribution >= 4 is 39.9 Å². The van der Waals surface area contributed by atoms with Crippen molar-refractivity contribution in [2.24, 2.45) is 5.16 Å². The van der Waals surface area contributed by atoms with E-state index in [9.17, 15) is 5.11 Å². The Bertz CT molecular complexity index is 747. The molecule has 1 fully saturated rings. The van der Waals surface area contributed by atoms with Crippen LogP contribution in [0.1, 0.15) is 19.3 Å². The van der Waals surface area contributed by atoms with E-state index in [2.05, 4.69) is 15.5 Å². The number of benzene rings is 1. The molecule has 0 radical (unpaired) electrons. The van der Waals surface area contributed by atoms with Crippen LogP contribution in [0.2, 0.25) is 10.0 Å². The lowest BCUT2D eigenvalue weighted by molar-refractivity contribution is 0.0983. The zero-order valence-corrected chi connectivity index (χ0v) is 14.9. The Morgan fingerprint density at radius 3 is 3.00 bits per heavy atom. The molecule has 0 amide bonds. The largest absolute Gasteiger partial charge is 0.399 e. The van der Waals surface area contributed by atoms with Crippen LogP contribution >= 0.6 is 23.2 Å². The smallest absolute Gasteiger partial charge is 0.106 e. The monoisotopic (exact) mass is 370 g/mol. The highest BCUT2D eigenvalue weighted by Crippen LogP contribution is 2.27. The van der Waals surface area contributed by atoms with E-state index >= 15 is 0 Å². The fourth-order valence-corrected chi connectivity index (χ4v) is 3.35. The van der Waals surface area contributed by atoms with Crippen LogP contribution in [0.4, 0.5) is 0 Å². The van der Waals surface area contributed by atoms with E-state index in [0.717, 1.165) is 36.1 Å². The number of aliphatic hydroxyl groups is 1. The molecule has 3 rings (SSSR count). The molecule has 130 valence electrons. The van der Waals surface area contributed by atoms with Crippen LogP contribution in [-0.2, 0) is 11.4 Å². The van der Waals surface area contributed by atoms with E-state index in [1.165, 1.54) is 7.11 Å². The van der Waals surface area contributed by atoms with Gasteiger partial charge in [0.1, 0.15) is 7.11 Å². The van der Waals surface area contributed by atoms with Crippen molar-refractivity contribution in [1.82, 2.24) is 14.9 Å². The third-order valence-corrected chi connectivity index (χ3v) is 4.96. The van der Waals surface area contributed by atoms with Gasteiger partial charge >= 0.3 is 0 Å². The molecule has 0 aliphatic carbocycles. The maximum absolute atomic E-state index is 10.1. The van der Waals surface area contributed by atoms with Gasteiger partial charge in [0.15, 0.2) is 0 Å². The average molecular weight is 371 g/mol. The summed E-state index contributed by atoms with van der Waals surface area (Å²) in [6.07, 6.45) is 3.76. The molecule has 1 aliphatic heterocycles. The molecule has 0 unspecified atom stereocenters. The second-order valence-corrected chi connectivity index (χ2v) is 6.76. The van der Waals surface area contributed by atoms with Gasteiger partial charge in [0.25, 0.3) is 0 Å². The van der Waals surface area contributed by atoms with Gasteiger partial charge in [-0.2, -0.15) is 0 Å². The molecule has 0 spiro atoms. The van der Waals surface area contributed by atoms with Gasteiger partial charge < -0.3 is 19.8 Å². The molecule has 24 heavy (non-hydrogen) atoms. The lowest BCUT2D eigenvalue weighted by Gasteiger charge is -2.29. The molecule has 0 saturated carbocycles. The fraction of sp³-hybridized carbons (Fsp3) is 0.500. The predicted octanol–water partition coefficient (Wildman–Crippen LogP) is 2.85. The molecule has 0 bridgehead atoms. The molecule has 1 saturated heterocycles. The van der Waals surface area contributed by atoms with Crippen LogP contribution in [0.5, 0.6) is 0 Å². The van der Waals surface area contributed by atoms with Gasteiger partial charge in [-0.3, -0.25) is 0 Å². The molecule has 2 heterocycles. The Morgan fingerprint density at radius 2 is 2.25 bits per heavy atom. The van der Waals surface area contributed by atoms with Gasteiger partial charge in [-0.15, -0.1) is 0 Å². The van der Waals surface area contributed by atoms with Gasteiger partial charge in [-0.25, -0.2) is 4.98 Å². The van der Waals surface area contributed by atoms with E-state index in [0.29, 0.717) is 23.0 Å². The fourth-order valence-electron chi connectivity index (χ4n) is 3.03. The van der Waals surface area contributed by atoms with Crippen LogP contribution in [-0.4, -0.2) is 46.2 Å². The van der Waals surface area contributed by atoms with Crippen molar-refractivity contribution in [2.45, 2.75) is 38.0 Å². The topological polar surface area (TPSA) is 71.7 Å². The number of nitrogens with one attached hydrogen (secondary N) is 1. The zero-order chi connectivity index (χ0) is 17.1. The number of nitrogens with zero attached hydrogens (tertiary/aromatic N) is 3. The molecule has 2 N–H and O–H groups in total. The van der Waals surface area contributed by atoms with Gasteiger partial charge in [0, 0.05) is 12.5 Å². The first-order valence-electron chi connectivity index (χ1n) is 7.88. The molecule has 1 aliphatic rings. The van der Waals surface area contributed by atoms with Crippen molar-refractivity contribution in [3.8, 4) is 0 Å². The predicted molar refractivity (Wildman–Crippen MR) is 95.8 cm³/mol. The Morgan fingerprint density at radius 1 is 1.46 bits per heavy atom. The van der Waals surface area contributed by atoms with E-state index < -0.39 is 0 Å². The summed E-state index contributed by atoms with van der Waals surface area (Å²) in [6, 6.07) is 3.53. The highest BCUT2D eigenvalue weighted by molar-refractivity contribution is 6.42. The number of halogens is 2. The third kappa shape index (κ3) is 3.83. The van der Waals surface area contributed by atoms with Gasteiger partial charge in [0.05, 0.1) is 45.8 Å². The van der Waals surface area contributed by atoms with Crippen molar-refractivity contribution in [1.29, 1.82) is 0 Å². The summed E-state index contributed by atoms with van der Waals surface area (Å²) in [6.45, 7) is 1.41. The highest BCUT2D eigenvalue weighted by Gasteiger charge is 2.24. The number of oxime groups is 1. The average Bonchev–Trinajstić information content (AvgIpc) is 2.92. The van der Waals surface area contributed by atoms with Gasteiger partial charge in [0.2, 0.25) is 0 Å². The maximum Gasteiger partial charge on any atom is 0.106 e. The van der Waals surface area contributed by atoms with Crippen molar-refractivity contribution in [3.05, 3.63) is 28.5 Å². The maximum atomic E-state index is 10.1. The molecule has 2 aromatic rings. The molecular weight excluding hydrogens is 351 g/mol. The Balaban J connectivity index is 1.81. The standard InChI is InChI=1S/C16H20Cl2N4O2/c1-24-21-10(5-14-16(23)3-2-4-19-14)8-22-9-20-13-6-11(17)12(18)7-15(13)22/h6-7,9,14,16,19,23H,2-5,8H2,1H3/b21-10-/t14-,16+/m1/s1. The van der Waals surface area contributed by atoms with Crippen molar-refractivity contribution in [2.75, 3.05) is 13.7 Å². The van der Waals surface area contributed by atoms with Gasteiger partial charge in [-0.1, -0.05) is 28.4 Å². The second kappa shape index (κ2) is 7.70. The first-order chi connectivity index (χ1) is 11.6. The molecule has 2 atom stereocenters. The van der Waals surface area contributed by atoms with E-state index in [1.807, 2.05) is 4.57 Å². The summed E-state index contributed by atoms with van der Waals surface area (Å²) in [4.78, 5) is 9.34. The summed E-state index contributed by atoms with van der Waals surface area (Å²) in [5.41, 5.74) is 2.48. The molecular formula is C16H20Cl2N4O2. The summed E-state index contributed by atoms with van der Waals surface area (Å²) >= 11 is 12.2. The van der Waals surface area contributed by atoms with E-state index in [4.69, 9.17) is 28.0 Å². The van der Waals surface area contributed by atoms with Crippen LogP contribution in [0.25, 0.3) is 11.0 Å². The van der Waals surface area contributed by atoms with Crippen LogP contribution < -0.4 is 5.32 Å². The minimum Gasteiger partial charge on any atom is -0.399 e. The first kappa shape index (κ1) is 17.5. The normalized spacial score (nSPS) is 22.1. The Labute approximate surface area is 150 Å². The number of piperidine rings is 1. The Hall–Kier alpha value is -1.34. The number of rotatable bonds is 5. The number of hydrogen-bond donors (Lipinski definition) is 2. The number of aliphatic hydroxyl groups excluding tert-OH is 1. The first-order valence-corrected chi connectivity index (χ1v) is 8.64. The molecule has 8 heteroatoms. The van der Waals surface area contributed by atoms with Crippen LogP contribution in [0.15, 0.2) is 23.6 Å².